The molecule has 0 heterocycles. The first-order valence-corrected chi connectivity index (χ1v) is 5.59. The van der Waals surface area contributed by atoms with Crippen LogP contribution in [-0.4, -0.2) is 24.6 Å². The van der Waals surface area contributed by atoms with E-state index in [9.17, 15) is 9.59 Å². The van der Waals surface area contributed by atoms with Gasteiger partial charge in [-0.15, -0.1) is 0 Å². The molecule has 0 fully saturated rings. The highest BCUT2D eigenvalue weighted by molar-refractivity contribution is 5.74. The molecule has 16 heavy (non-hydrogen) atoms. The summed E-state index contributed by atoms with van der Waals surface area (Å²) in [7, 11) is 1.34. The van der Waals surface area contributed by atoms with Gasteiger partial charge in [0.1, 0.15) is 5.60 Å². The zero-order chi connectivity index (χ0) is 12.8. The van der Waals surface area contributed by atoms with Crippen molar-refractivity contribution in [1.82, 2.24) is 0 Å². The minimum atomic E-state index is -0.476. The van der Waals surface area contributed by atoms with Crippen LogP contribution in [0, 0.1) is 5.92 Å². The molecular weight excluding hydrogens is 208 g/mol. The second kappa shape index (κ2) is 6.51. The lowest BCUT2D eigenvalue weighted by molar-refractivity contribution is -0.160. The smallest absolute Gasteiger partial charge is 0.309 e. The summed E-state index contributed by atoms with van der Waals surface area (Å²) in [6, 6.07) is 0. The Kier molecular flexibility index (Phi) is 6.08. The lowest BCUT2D eigenvalue weighted by Gasteiger charge is -2.23. The van der Waals surface area contributed by atoms with Crippen LogP contribution in [0.1, 0.15) is 47.0 Å². The molecule has 0 bridgehead atoms. The molecule has 1 unspecified atom stereocenters. The normalized spacial score (nSPS) is 13.1. The molecule has 0 amide bonds. The van der Waals surface area contributed by atoms with Gasteiger partial charge in [-0.2, -0.15) is 0 Å². The number of methoxy groups -OCH3 is 1. The summed E-state index contributed by atoms with van der Waals surface area (Å²) in [6.07, 6.45) is 1.41. The molecule has 0 aliphatic carbocycles. The van der Waals surface area contributed by atoms with Gasteiger partial charge in [0.2, 0.25) is 0 Å². The van der Waals surface area contributed by atoms with Gasteiger partial charge in [-0.25, -0.2) is 0 Å². The van der Waals surface area contributed by atoms with Crippen LogP contribution >= 0.6 is 0 Å². The molecule has 4 heteroatoms. The van der Waals surface area contributed by atoms with E-state index in [-0.39, 0.29) is 24.3 Å². The van der Waals surface area contributed by atoms with E-state index in [2.05, 4.69) is 4.74 Å². The average Bonchev–Trinajstić information content (AvgIpc) is 2.15. The molecule has 1 atom stereocenters. The molecule has 0 aromatic carbocycles. The van der Waals surface area contributed by atoms with Crippen LogP contribution in [0.15, 0.2) is 0 Å². The molecule has 4 nitrogen and oxygen atoms in total. The van der Waals surface area contributed by atoms with Crippen molar-refractivity contribution in [3.8, 4) is 0 Å². The van der Waals surface area contributed by atoms with Crippen molar-refractivity contribution < 1.29 is 19.1 Å². The summed E-state index contributed by atoms with van der Waals surface area (Å²) < 4.78 is 9.80. The van der Waals surface area contributed by atoms with Crippen molar-refractivity contribution in [3.63, 3.8) is 0 Å². The topological polar surface area (TPSA) is 52.6 Å². The Morgan fingerprint density at radius 3 is 2.19 bits per heavy atom. The fourth-order valence-electron chi connectivity index (χ4n) is 1.27. The molecule has 0 spiro atoms. The summed E-state index contributed by atoms with van der Waals surface area (Å²) in [4.78, 5) is 22.7. The van der Waals surface area contributed by atoms with E-state index >= 15 is 0 Å². The number of hydrogen-bond acceptors (Lipinski definition) is 4. The first kappa shape index (κ1) is 14.9. The molecule has 0 aliphatic rings. The summed E-state index contributed by atoms with van der Waals surface area (Å²) in [5.41, 5.74) is -0.476. The first-order chi connectivity index (χ1) is 7.30. The number of hydrogen-bond donors (Lipinski definition) is 0. The average molecular weight is 230 g/mol. The van der Waals surface area contributed by atoms with Gasteiger partial charge in [0, 0.05) is 6.42 Å². The van der Waals surface area contributed by atoms with Crippen molar-refractivity contribution in [2.75, 3.05) is 7.11 Å². The molecule has 0 aliphatic heterocycles. The Bertz CT molecular complexity index is 240. The van der Waals surface area contributed by atoms with Crippen LogP contribution in [0.4, 0.5) is 0 Å². The van der Waals surface area contributed by atoms with Gasteiger partial charge in [0.25, 0.3) is 0 Å². The highest BCUT2D eigenvalue weighted by atomic mass is 16.6. The fourth-order valence-corrected chi connectivity index (χ4v) is 1.27. The highest BCUT2D eigenvalue weighted by Gasteiger charge is 2.24. The van der Waals surface area contributed by atoms with Crippen molar-refractivity contribution >= 4 is 11.9 Å². The van der Waals surface area contributed by atoms with E-state index in [1.165, 1.54) is 7.11 Å². The molecule has 0 aromatic heterocycles. The van der Waals surface area contributed by atoms with Crippen molar-refractivity contribution in [2.24, 2.45) is 5.92 Å². The van der Waals surface area contributed by atoms with Crippen LogP contribution in [0.25, 0.3) is 0 Å². The molecule has 0 radical (unpaired) electrons. The summed E-state index contributed by atoms with van der Waals surface area (Å²) in [5.74, 6) is -0.751. The van der Waals surface area contributed by atoms with Gasteiger partial charge < -0.3 is 9.47 Å². The summed E-state index contributed by atoms with van der Waals surface area (Å²) in [5, 5.41) is 0. The number of rotatable bonds is 5. The third-order valence-electron chi connectivity index (χ3n) is 2.16. The van der Waals surface area contributed by atoms with E-state index in [0.717, 1.165) is 0 Å². The maximum atomic E-state index is 11.7. The van der Waals surface area contributed by atoms with Crippen LogP contribution in [0.3, 0.4) is 0 Å². The highest BCUT2D eigenvalue weighted by Crippen LogP contribution is 2.18. The zero-order valence-corrected chi connectivity index (χ0v) is 10.8. The van der Waals surface area contributed by atoms with Crippen LogP contribution in [0.5, 0.6) is 0 Å². The minimum absolute atomic E-state index is 0.224. The van der Waals surface area contributed by atoms with Gasteiger partial charge in [0.15, 0.2) is 0 Å². The fraction of sp³-hybridized carbons (Fsp3) is 0.833. The van der Waals surface area contributed by atoms with Gasteiger partial charge in [0.05, 0.1) is 13.0 Å². The van der Waals surface area contributed by atoms with Crippen molar-refractivity contribution in [3.05, 3.63) is 0 Å². The number of carbonyl (C=O) groups excluding carboxylic acids is 2. The molecule has 0 N–H and O–H groups in total. The molecule has 0 saturated carbocycles. The number of esters is 2. The van der Waals surface area contributed by atoms with Gasteiger partial charge >= 0.3 is 11.9 Å². The molecule has 0 aromatic rings. The van der Waals surface area contributed by atoms with Crippen molar-refractivity contribution in [2.45, 2.75) is 52.6 Å². The second-order valence-corrected chi connectivity index (χ2v) is 4.75. The zero-order valence-electron chi connectivity index (χ0n) is 10.8. The Morgan fingerprint density at radius 2 is 1.81 bits per heavy atom. The monoisotopic (exact) mass is 230 g/mol. The summed E-state index contributed by atoms with van der Waals surface area (Å²) >= 11 is 0. The second-order valence-electron chi connectivity index (χ2n) is 4.75. The Hall–Kier alpha value is -1.06. The predicted molar refractivity (Wildman–Crippen MR) is 60.9 cm³/mol. The van der Waals surface area contributed by atoms with Gasteiger partial charge in [-0.1, -0.05) is 6.92 Å². The number of ether oxygens (including phenoxy) is 2. The van der Waals surface area contributed by atoms with E-state index < -0.39 is 5.60 Å². The van der Waals surface area contributed by atoms with Crippen LogP contribution in [0.2, 0.25) is 0 Å². The Labute approximate surface area is 97.3 Å². The lowest BCUT2D eigenvalue weighted by atomic mass is 10.00. The quantitative estimate of drug-likeness (QED) is 0.680. The molecule has 94 valence electrons. The summed E-state index contributed by atoms with van der Waals surface area (Å²) in [6.45, 7) is 7.40. The van der Waals surface area contributed by atoms with Crippen molar-refractivity contribution in [1.29, 1.82) is 0 Å². The Balaban J connectivity index is 4.17. The largest absolute Gasteiger partial charge is 0.469 e. The third-order valence-corrected chi connectivity index (χ3v) is 2.16. The van der Waals surface area contributed by atoms with E-state index in [4.69, 9.17) is 4.74 Å². The van der Waals surface area contributed by atoms with Gasteiger partial charge in [-0.05, 0) is 33.6 Å². The van der Waals surface area contributed by atoms with E-state index in [1.54, 1.807) is 0 Å². The maximum Gasteiger partial charge on any atom is 0.309 e. The van der Waals surface area contributed by atoms with E-state index in [0.29, 0.717) is 12.8 Å². The molecule has 0 saturated heterocycles. The molecule has 0 rings (SSSR count). The minimum Gasteiger partial charge on any atom is -0.469 e. The van der Waals surface area contributed by atoms with Crippen LogP contribution in [-0.2, 0) is 19.1 Å². The predicted octanol–water partition coefficient (Wildman–Crippen LogP) is 2.31. The lowest BCUT2D eigenvalue weighted by Crippen LogP contribution is -2.28. The third kappa shape index (κ3) is 6.43. The van der Waals surface area contributed by atoms with Gasteiger partial charge in [-0.3, -0.25) is 9.59 Å². The maximum absolute atomic E-state index is 11.7. The number of carbonyl (C=O) groups is 2. The van der Waals surface area contributed by atoms with E-state index in [1.807, 2.05) is 27.7 Å². The SMILES string of the molecule is CCC(CCC(=O)OC)C(=O)OC(C)(C)C. The standard InChI is InChI=1S/C12H22O4/c1-6-9(7-8-10(13)15-5)11(14)16-12(2,3)4/h9H,6-8H2,1-5H3. The Morgan fingerprint density at radius 1 is 1.25 bits per heavy atom. The first-order valence-electron chi connectivity index (χ1n) is 5.59. The molecular formula is C12H22O4. The van der Waals surface area contributed by atoms with Crippen LogP contribution < -0.4 is 0 Å².